The maximum Gasteiger partial charge on any atom is 0.324 e. The van der Waals surface area contributed by atoms with Crippen LogP contribution < -0.4 is 5.32 Å². The number of hydrogen-bond acceptors (Lipinski definition) is 4. The normalized spacial score (nSPS) is 20.9. The highest BCUT2D eigenvalue weighted by molar-refractivity contribution is 7.10. The molecule has 116 valence electrons. The number of hydrogen-bond donors (Lipinski definition) is 1. The van der Waals surface area contributed by atoms with Crippen LogP contribution in [0, 0.1) is 0 Å². The van der Waals surface area contributed by atoms with Gasteiger partial charge in [0.1, 0.15) is 5.82 Å². The van der Waals surface area contributed by atoms with Crippen molar-refractivity contribution in [3.63, 3.8) is 0 Å². The van der Waals surface area contributed by atoms with Gasteiger partial charge in [0.05, 0.1) is 6.04 Å². The van der Waals surface area contributed by atoms with Crippen molar-refractivity contribution in [2.45, 2.75) is 44.7 Å². The lowest BCUT2D eigenvalue weighted by Gasteiger charge is -2.23. The van der Waals surface area contributed by atoms with Crippen LogP contribution in [0.4, 0.5) is 10.7 Å². The van der Waals surface area contributed by atoms with E-state index < -0.39 is 0 Å². The number of rotatable bonds is 2. The predicted octanol–water partition coefficient (Wildman–Crippen LogP) is 3.04. The Kier molecular flexibility index (Phi) is 3.57. The lowest BCUT2D eigenvalue weighted by Crippen LogP contribution is -2.34. The fraction of sp³-hybridized carbons (Fsp3) is 0.533. The summed E-state index contributed by atoms with van der Waals surface area (Å²) >= 11 is 1.71. The Labute approximate surface area is 133 Å². The van der Waals surface area contributed by atoms with Gasteiger partial charge in [0.2, 0.25) is 5.95 Å². The quantitative estimate of drug-likeness (QED) is 0.926. The molecule has 0 saturated carbocycles. The van der Waals surface area contributed by atoms with Gasteiger partial charge in [0.25, 0.3) is 0 Å². The second kappa shape index (κ2) is 5.72. The van der Waals surface area contributed by atoms with Crippen LogP contribution in [0.3, 0.4) is 0 Å². The van der Waals surface area contributed by atoms with Crippen LogP contribution in [-0.2, 0) is 13.0 Å². The van der Waals surface area contributed by atoms with Gasteiger partial charge in [-0.05, 0) is 37.1 Å². The number of carbonyl (C=O) groups is 1. The van der Waals surface area contributed by atoms with Gasteiger partial charge in [-0.2, -0.15) is 4.98 Å². The molecule has 6 nitrogen and oxygen atoms in total. The van der Waals surface area contributed by atoms with Gasteiger partial charge in [-0.15, -0.1) is 16.4 Å². The largest absolute Gasteiger partial charge is 0.324 e. The molecule has 1 fully saturated rings. The van der Waals surface area contributed by atoms with E-state index in [9.17, 15) is 4.79 Å². The Hall–Kier alpha value is -1.89. The van der Waals surface area contributed by atoms with Crippen molar-refractivity contribution in [2.75, 3.05) is 11.9 Å². The summed E-state index contributed by atoms with van der Waals surface area (Å²) in [6.45, 7) is 1.70. The third-order valence-electron chi connectivity index (χ3n) is 4.37. The Morgan fingerprint density at radius 2 is 2.27 bits per heavy atom. The molecule has 1 N–H and O–H groups in total. The minimum atomic E-state index is -0.0844. The molecular formula is C15H19N5OS. The molecule has 4 heterocycles. The molecule has 2 aromatic heterocycles. The van der Waals surface area contributed by atoms with E-state index >= 15 is 0 Å². The second-order valence-corrected chi connectivity index (χ2v) is 6.81. The molecule has 0 bridgehead atoms. The van der Waals surface area contributed by atoms with E-state index in [4.69, 9.17) is 0 Å². The third-order valence-corrected chi connectivity index (χ3v) is 5.35. The van der Waals surface area contributed by atoms with Gasteiger partial charge in [0, 0.05) is 24.4 Å². The summed E-state index contributed by atoms with van der Waals surface area (Å²) in [6.07, 6.45) is 5.31. The van der Waals surface area contributed by atoms with Crippen molar-refractivity contribution in [1.82, 2.24) is 19.7 Å². The first-order chi connectivity index (χ1) is 10.8. The number of amides is 2. The fourth-order valence-corrected chi connectivity index (χ4v) is 4.16. The van der Waals surface area contributed by atoms with Crippen molar-refractivity contribution >= 4 is 23.3 Å². The molecule has 0 aromatic carbocycles. The van der Waals surface area contributed by atoms with Crippen LogP contribution in [-0.4, -0.2) is 32.2 Å². The molecular weight excluding hydrogens is 298 g/mol. The minimum Gasteiger partial charge on any atom is -0.317 e. The number of urea groups is 1. The number of aryl methyl sites for hydroxylation is 2. The number of anilines is 1. The predicted molar refractivity (Wildman–Crippen MR) is 85.0 cm³/mol. The lowest BCUT2D eigenvalue weighted by atomic mass is 10.2. The molecule has 0 radical (unpaired) electrons. The number of aromatic nitrogens is 3. The molecule has 7 heteroatoms. The third kappa shape index (κ3) is 2.49. The number of fused-ring (bicyclic) bond motifs is 1. The fourth-order valence-electron chi connectivity index (χ4n) is 3.29. The highest BCUT2D eigenvalue weighted by Crippen LogP contribution is 2.34. The first-order valence-electron chi connectivity index (χ1n) is 7.86. The summed E-state index contributed by atoms with van der Waals surface area (Å²) < 4.78 is 1.92. The summed E-state index contributed by atoms with van der Waals surface area (Å²) in [4.78, 5) is 20.2. The van der Waals surface area contributed by atoms with E-state index in [0.29, 0.717) is 5.95 Å². The number of likely N-dealkylation sites (tertiary alicyclic amines) is 1. The van der Waals surface area contributed by atoms with Crippen molar-refractivity contribution in [3.8, 4) is 0 Å². The monoisotopic (exact) mass is 317 g/mol. The van der Waals surface area contributed by atoms with Crippen LogP contribution in [0.15, 0.2) is 17.5 Å². The molecule has 0 aliphatic carbocycles. The first-order valence-corrected chi connectivity index (χ1v) is 8.74. The van der Waals surface area contributed by atoms with Gasteiger partial charge in [-0.3, -0.25) is 5.32 Å². The SMILES string of the molecule is O=C(Nc1nc2n(n1)CCCC2)N1CCC[C@H]1c1cccs1. The average molecular weight is 317 g/mol. The van der Waals surface area contributed by atoms with Gasteiger partial charge in [-0.25, -0.2) is 9.48 Å². The maximum atomic E-state index is 12.6. The molecule has 2 aliphatic heterocycles. The Balaban J connectivity index is 1.48. The zero-order valence-electron chi connectivity index (χ0n) is 12.4. The van der Waals surface area contributed by atoms with Gasteiger partial charge >= 0.3 is 6.03 Å². The summed E-state index contributed by atoms with van der Waals surface area (Å²) in [5, 5.41) is 9.35. The van der Waals surface area contributed by atoms with Crippen LogP contribution in [0.5, 0.6) is 0 Å². The minimum absolute atomic E-state index is 0.0844. The highest BCUT2D eigenvalue weighted by atomic mass is 32.1. The van der Waals surface area contributed by atoms with Gasteiger partial charge in [-0.1, -0.05) is 6.07 Å². The maximum absolute atomic E-state index is 12.6. The van der Waals surface area contributed by atoms with Crippen molar-refractivity contribution in [3.05, 3.63) is 28.2 Å². The summed E-state index contributed by atoms with van der Waals surface area (Å²) in [5.74, 6) is 1.43. The zero-order valence-corrected chi connectivity index (χ0v) is 13.2. The summed E-state index contributed by atoms with van der Waals surface area (Å²) in [7, 11) is 0. The van der Waals surface area contributed by atoms with Gasteiger partial charge < -0.3 is 4.90 Å². The van der Waals surface area contributed by atoms with E-state index in [-0.39, 0.29) is 12.1 Å². The van der Waals surface area contributed by atoms with Crippen molar-refractivity contribution in [2.24, 2.45) is 0 Å². The van der Waals surface area contributed by atoms with Crippen molar-refractivity contribution in [1.29, 1.82) is 0 Å². The second-order valence-electron chi connectivity index (χ2n) is 5.83. The van der Waals surface area contributed by atoms with E-state index in [1.807, 2.05) is 15.6 Å². The smallest absolute Gasteiger partial charge is 0.317 e. The molecule has 2 amide bonds. The highest BCUT2D eigenvalue weighted by Gasteiger charge is 2.31. The number of nitrogens with one attached hydrogen (secondary N) is 1. The topological polar surface area (TPSA) is 63.1 Å². The van der Waals surface area contributed by atoms with E-state index in [2.05, 4.69) is 26.8 Å². The van der Waals surface area contributed by atoms with Crippen molar-refractivity contribution < 1.29 is 4.79 Å². The lowest BCUT2D eigenvalue weighted by molar-refractivity contribution is 0.207. The summed E-state index contributed by atoms with van der Waals surface area (Å²) in [6, 6.07) is 4.25. The number of carbonyl (C=O) groups excluding carboxylic acids is 1. The molecule has 1 atom stereocenters. The molecule has 4 rings (SSSR count). The number of thiophene rings is 1. The van der Waals surface area contributed by atoms with Crippen LogP contribution >= 0.6 is 11.3 Å². The molecule has 0 spiro atoms. The molecule has 1 saturated heterocycles. The number of nitrogens with zero attached hydrogens (tertiary/aromatic N) is 4. The van der Waals surface area contributed by atoms with Crippen LogP contribution in [0.2, 0.25) is 0 Å². The standard InChI is InChI=1S/C15H19N5OS/c21-15(17-14-16-13-7-1-2-9-20(13)18-14)19-8-3-5-11(19)12-6-4-10-22-12/h4,6,10-11H,1-3,5,7-9H2,(H,17,18,21)/t11-/m0/s1. The molecule has 22 heavy (non-hydrogen) atoms. The van der Waals surface area contributed by atoms with Crippen LogP contribution in [0.25, 0.3) is 0 Å². The van der Waals surface area contributed by atoms with Gasteiger partial charge in [0.15, 0.2) is 0 Å². The Morgan fingerprint density at radius 3 is 3.09 bits per heavy atom. The zero-order chi connectivity index (χ0) is 14.9. The van der Waals surface area contributed by atoms with E-state index in [0.717, 1.165) is 51.0 Å². The van der Waals surface area contributed by atoms with Crippen LogP contribution in [0.1, 0.15) is 42.4 Å². The average Bonchev–Trinajstić information content (AvgIpc) is 3.25. The molecule has 2 aromatic rings. The Bertz CT molecular complexity index is 642. The van der Waals surface area contributed by atoms with E-state index in [1.54, 1.807) is 11.3 Å². The molecule has 2 aliphatic rings. The summed E-state index contributed by atoms with van der Waals surface area (Å²) in [5.41, 5.74) is 0. The van der Waals surface area contributed by atoms with E-state index in [1.165, 1.54) is 4.88 Å². The molecule has 0 unspecified atom stereocenters. The first kappa shape index (κ1) is 13.8. The Morgan fingerprint density at radius 1 is 1.32 bits per heavy atom.